The molecule has 0 aliphatic carbocycles. The summed E-state index contributed by atoms with van der Waals surface area (Å²) in [6, 6.07) is 7.88. The van der Waals surface area contributed by atoms with Gasteiger partial charge in [-0.3, -0.25) is 9.59 Å². The summed E-state index contributed by atoms with van der Waals surface area (Å²) < 4.78 is 0. The van der Waals surface area contributed by atoms with E-state index in [0.29, 0.717) is 19.0 Å². The van der Waals surface area contributed by atoms with Crippen molar-refractivity contribution in [2.45, 2.75) is 33.1 Å². The number of anilines is 1. The third-order valence-corrected chi connectivity index (χ3v) is 3.54. The summed E-state index contributed by atoms with van der Waals surface area (Å²) in [6.45, 7) is 5.54. The van der Waals surface area contributed by atoms with Crippen LogP contribution in [0.5, 0.6) is 0 Å². The van der Waals surface area contributed by atoms with E-state index >= 15 is 0 Å². The minimum Gasteiger partial charge on any atom is -0.356 e. The number of fused-ring (bicyclic) bond motifs is 1. The van der Waals surface area contributed by atoms with Crippen LogP contribution in [0.4, 0.5) is 5.69 Å². The van der Waals surface area contributed by atoms with Gasteiger partial charge >= 0.3 is 0 Å². The van der Waals surface area contributed by atoms with Crippen molar-refractivity contribution in [3.8, 4) is 0 Å². The molecule has 2 amide bonds. The van der Waals surface area contributed by atoms with Gasteiger partial charge in [0.15, 0.2) is 0 Å². The standard InChI is InChI=1S/C16H22N2O2/c1-12(2)7-9-17-15(19)11-16(20)18-10-8-13-5-3-4-6-14(13)18/h3-6,12H,7-11H2,1-2H3,(H,17,19). The molecule has 0 unspecified atom stereocenters. The highest BCUT2D eigenvalue weighted by Crippen LogP contribution is 2.27. The second kappa shape index (κ2) is 6.55. The number of nitrogens with one attached hydrogen (secondary N) is 1. The van der Waals surface area contributed by atoms with Crippen molar-refractivity contribution in [3.63, 3.8) is 0 Å². The Hall–Kier alpha value is -1.84. The van der Waals surface area contributed by atoms with Crippen LogP contribution in [0, 0.1) is 5.92 Å². The van der Waals surface area contributed by atoms with Crippen LogP contribution in [0.25, 0.3) is 0 Å². The highest BCUT2D eigenvalue weighted by atomic mass is 16.2. The molecule has 2 rings (SSSR count). The normalized spacial score (nSPS) is 13.4. The summed E-state index contributed by atoms with van der Waals surface area (Å²) >= 11 is 0. The van der Waals surface area contributed by atoms with Crippen LogP contribution in [0.3, 0.4) is 0 Å². The summed E-state index contributed by atoms with van der Waals surface area (Å²) in [4.78, 5) is 25.6. The number of nitrogens with zero attached hydrogens (tertiary/aromatic N) is 1. The first kappa shape index (κ1) is 14.6. The van der Waals surface area contributed by atoms with Gasteiger partial charge in [-0.25, -0.2) is 0 Å². The molecule has 20 heavy (non-hydrogen) atoms. The zero-order valence-electron chi connectivity index (χ0n) is 12.2. The van der Waals surface area contributed by atoms with Gasteiger partial charge in [0.1, 0.15) is 6.42 Å². The molecule has 1 aliphatic rings. The summed E-state index contributed by atoms with van der Waals surface area (Å²) in [6.07, 6.45) is 1.75. The van der Waals surface area contributed by atoms with Crippen LogP contribution < -0.4 is 10.2 Å². The zero-order chi connectivity index (χ0) is 14.5. The summed E-state index contributed by atoms with van der Waals surface area (Å²) in [5.41, 5.74) is 2.13. The Morgan fingerprint density at radius 1 is 1.30 bits per heavy atom. The van der Waals surface area contributed by atoms with E-state index in [4.69, 9.17) is 0 Å². The molecular weight excluding hydrogens is 252 g/mol. The van der Waals surface area contributed by atoms with Crippen molar-refractivity contribution < 1.29 is 9.59 Å². The molecule has 0 aromatic heterocycles. The summed E-state index contributed by atoms with van der Waals surface area (Å²) in [5, 5.41) is 2.81. The molecule has 1 aliphatic heterocycles. The third kappa shape index (κ3) is 3.59. The molecule has 0 radical (unpaired) electrons. The maximum Gasteiger partial charge on any atom is 0.236 e. The first-order chi connectivity index (χ1) is 9.58. The molecule has 0 saturated heterocycles. The lowest BCUT2D eigenvalue weighted by molar-refractivity contribution is -0.127. The number of para-hydroxylation sites is 1. The van der Waals surface area contributed by atoms with E-state index in [1.807, 2.05) is 24.3 Å². The van der Waals surface area contributed by atoms with Crippen molar-refractivity contribution in [3.05, 3.63) is 29.8 Å². The van der Waals surface area contributed by atoms with Gasteiger partial charge in [-0.1, -0.05) is 32.0 Å². The van der Waals surface area contributed by atoms with Crippen LogP contribution in [0.2, 0.25) is 0 Å². The minimum atomic E-state index is -0.181. The number of carbonyl (C=O) groups is 2. The first-order valence-corrected chi connectivity index (χ1v) is 7.23. The van der Waals surface area contributed by atoms with Crippen molar-refractivity contribution >= 4 is 17.5 Å². The molecule has 0 spiro atoms. The highest BCUT2D eigenvalue weighted by Gasteiger charge is 2.25. The van der Waals surface area contributed by atoms with Crippen LogP contribution >= 0.6 is 0 Å². The molecule has 4 heteroatoms. The number of benzene rings is 1. The lowest BCUT2D eigenvalue weighted by Gasteiger charge is -2.17. The maximum atomic E-state index is 12.2. The Labute approximate surface area is 120 Å². The fraction of sp³-hybridized carbons (Fsp3) is 0.500. The fourth-order valence-corrected chi connectivity index (χ4v) is 2.39. The average molecular weight is 274 g/mol. The Kier molecular flexibility index (Phi) is 4.77. The lowest BCUT2D eigenvalue weighted by atomic mass is 10.1. The van der Waals surface area contributed by atoms with Gasteiger partial charge in [0, 0.05) is 18.8 Å². The van der Waals surface area contributed by atoms with Crippen LogP contribution in [-0.2, 0) is 16.0 Å². The molecular formula is C16H22N2O2. The molecule has 0 saturated carbocycles. The van der Waals surface area contributed by atoms with E-state index in [0.717, 1.165) is 18.5 Å². The predicted molar refractivity (Wildman–Crippen MR) is 79.6 cm³/mol. The smallest absolute Gasteiger partial charge is 0.236 e. The van der Waals surface area contributed by atoms with Gasteiger partial charge in [0.2, 0.25) is 11.8 Å². The first-order valence-electron chi connectivity index (χ1n) is 7.23. The second-order valence-electron chi connectivity index (χ2n) is 5.63. The van der Waals surface area contributed by atoms with Crippen molar-refractivity contribution in [2.75, 3.05) is 18.0 Å². The molecule has 0 fully saturated rings. The molecule has 108 valence electrons. The molecule has 0 bridgehead atoms. The summed E-state index contributed by atoms with van der Waals surface area (Å²) in [5.74, 6) is 0.258. The topological polar surface area (TPSA) is 49.4 Å². The number of carbonyl (C=O) groups excluding carboxylic acids is 2. The van der Waals surface area contributed by atoms with E-state index in [1.165, 1.54) is 5.56 Å². The van der Waals surface area contributed by atoms with E-state index in [2.05, 4.69) is 19.2 Å². The second-order valence-corrected chi connectivity index (χ2v) is 5.63. The Morgan fingerprint density at radius 2 is 2.05 bits per heavy atom. The molecule has 0 atom stereocenters. The molecule has 1 N–H and O–H groups in total. The Morgan fingerprint density at radius 3 is 2.80 bits per heavy atom. The van der Waals surface area contributed by atoms with Gasteiger partial charge < -0.3 is 10.2 Å². The van der Waals surface area contributed by atoms with E-state index < -0.39 is 0 Å². The number of rotatable bonds is 5. The van der Waals surface area contributed by atoms with Crippen LogP contribution in [0.1, 0.15) is 32.3 Å². The third-order valence-electron chi connectivity index (χ3n) is 3.54. The van der Waals surface area contributed by atoms with Crippen molar-refractivity contribution in [2.24, 2.45) is 5.92 Å². The monoisotopic (exact) mass is 274 g/mol. The highest BCUT2D eigenvalue weighted by molar-refractivity contribution is 6.05. The lowest BCUT2D eigenvalue weighted by Crippen LogP contribution is -2.35. The predicted octanol–water partition coefficient (Wildman–Crippen LogP) is 2.13. The molecule has 1 heterocycles. The number of hydrogen-bond donors (Lipinski definition) is 1. The van der Waals surface area contributed by atoms with Crippen molar-refractivity contribution in [1.29, 1.82) is 0 Å². The van der Waals surface area contributed by atoms with E-state index in [-0.39, 0.29) is 18.2 Å². The van der Waals surface area contributed by atoms with Gasteiger partial charge in [0.05, 0.1) is 0 Å². The largest absolute Gasteiger partial charge is 0.356 e. The Balaban J connectivity index is 1.85. The fourth-order valence-electron chi connectivity index (χ4n) is 2.39. The van der Waals surface area contributed by atoms with Crippen LogP contribution in [-0.4, -0.2) is 24.9 Å². The number of hydrogen-bond acceptors (Lipinski definition) is 2. The van der Waals surface area contributed by atoms with Gasteiger partial charge in [0.25, 0.3) is 0 Å². The molecule has 1 aromatic carbocycles. The summed E-state index contributed by atoms with van der Waals surface area (Å²) in [7, 11) is 0. The number of amides is 2. The molecule has 4 nitrogen and oxygen atoms in total. The minimum absolute atomic E-state index is 0.0631. The molecule has 1 aromatic rings. The van der Waals surface area contributed by atoms with Gasteiger partial charge in [-0.15, -0.1) is 0 Å². The van der Waals surface area contributed by atoms with E-state index in [9.17, 15) is 9.59 Å². The zero-order valence-corrected chi connectivity index (χ0v) is 12.2. The van der Waals surface area contributed by atoms with E-state index in [1.54, 1.807) is 4.90 Å². The maximum absolute atomic E-state index is 12.2. The quantitative estimate of drug-likeness (QED) is 0.836. The van der Waals surface area contributed by atoms with Gasteiger partial charge in [-0.05, 0) is 30.4 Å². The Bertz CT molecular complexity index is 497. The van der Waals surface area contributed by atoms with Crippen LogP contribution in [0.15, 0.2) is 24.3 Å². The average Bonchev–Trinajstić information content (AvgIpc) is 2.82. The van der Waals surface area contributed by atoms with Crippen molar-refractivity contribution in [1.82, 2.24) is 5.32 Å². The van der Waals surface area contributed by atoms with Gasteiger partial charge in [-0.2, -0.15) is 0 Å². The SMILES string of the molecule is CC(C)CCNC(=O)CC(=O)N1CCc2ccccc21.